The maximum Gasteiger partial charge on any atom is 0.339 e. The molecular formula is C14H21NO4. The van der Waals surface area contributed by atoms with Crippen molar-refractivity contribution in [1.82, 2.24) is 4.90 Å². The standard InChI is InChI=1S/C14H21NO4/c1-11(10-18-3)15(2)8-9-19-13-7-5-4-6-12(13)14(16)17/h4-7,11H,8-10H2,1-3H3,(H,16,17). The molecule has 0 aliphatic carbocycles. The normalized spacial score (nSPS) is 12.4. The number of ether oxygens (including phenoxy) is 2. The molecule has 0 saturated carbocycles. The molecular weight excluding hydrogens is 246 g/mol. The number of para-hydroxylation sites is 1. The molecule has 5 nitrogen and oxygen atoms in total. The van der Waals surface area contributed by atoms with E-state index in [4.69, 9.17) is 14.6 Å². The third-order valence-electron chi connectivity index (χ3n) is 2.98. The predicted octanol–water partition coefficient (Wildman–Crippen LogP) is 1.73. The molecule has 1 aromatic carbocycles. The summed E-state index contributed by atoms with van der Waals surface area (Å²) < 4.78 is 10.6. The summed E-state index contributed by atoms with van der Waals surface area (Å²) in [4.78, 5) is 13.1. The van der Waals surface area contributed by atoms with Crippen molar-refractivity contribution in [3.63, 3.8) is 0 Å². The molecule has 0 heterocycles. The highest BCUT2D eigenvalue weighted by atomic mass is 16.5. The molecule has 0 saturated heterocycles. The van der Waals surface area contributed by atoms with Crippen LogP contribution in [0.3, 0.4) is 0 Å². The highest BCUT2D eigenvalue weighted by Gasteiger charge is 2.11. The van der Waals surface area contributed by atoms with Crippen LogP contribution in [0.5, 0.6) is 5.75 Å². The molecule has 1 unspecified atom stereocenters. The van der Waals surface area contributed by atoms with E-state index in [2.05, 4.69) is 11.8 Å². The molecule has 0 fully saturated rings. The molecule has 0 aliphatic rings. The SMILES string of the molecule is COCC(C)N(C)CCOc1ccccc1C(=O)O. The lowest BCUT2D eigenvalue weighted by Gasteiger charge is -2.24. The lowest BCUT2D eigenvalue weighted by atomic mass is 10.2. The first-order chi connectivity index (χ1) is 9.06. The van der Waals surface area contributed by atoms with Gasteiger partial charge in [-0.3, -0.25) is 4.90 Å². The highest BCUT2D eigenvalue weighted by Crippen LogP contribution is 2.17. The second-order valence-electron chi connectivity index (χ2n) is 4.43. The quantitative estimate of drug-likeness (QED) is 0.777. The predicted molar refractivity (Wildman–Crippen MR) is 72.9 cm³/mol. The van der Waals surface area contributed by atoms with Gasteiger partial charge >= 0.3 is 5.97 Å². The maximum atomic E-state index is 11.0. The van der Waals surface area contributed by atoms with E-state index in [-0.39, 0.29) is 5.56 Å². The molecule has 0 aromatic heterocycles. The van der Waals surface area contributed by atoms with E-state index in [0.717, 1.165) is 0 Å². The second kappa shape index (κ2) is 7.76. The molecule has 0 aliphatic heterocycles. The first kappa shape index (κ1) is 15.5. The van der Waals surface area contributed by atoms with Crippen molar-refractivity contribution < 1.29 is 19.4 Å². The second-order valence-corrected chi connectivity index (χ2v) is 4.43. The minimum absolute atomic E-state index is 0.190. The van der Waals surface area contributed by atoms with Gasteiger partial charge in [-0.15, -0.1) is 0 Å². The van der Waals surface area contributed by atoms with E-state index < -0.39 is 5.97 Å². The number of rotatable bonds is 8. The summed E-state index contributed by atoms with van der Waals surface area (Å²) in [7, 11) is 3.65. The van der Waals surface area contributed by atoms with E-state index in [1.165, 1.54) is 6.07 Å². The van der Waals surface area contributed by atoms with Gasteiger partial charge in [-0.05, 0) is 26.1 Å². The average molecular weight is 267 g/mol. The summed E-state index contributed by atoms with van der Waals surface area (Å²) in [5.41, 5.74) is 0.190. The molecule has 19 heavy (non-hydrogen) atoms. The van der Waals surface area contributed by atoms with Crippen LogP contribution in [-0.4, -0.2) is 55.9 Å². The largest absolute Gasteiger partial charge is 0.491 e. The lowest BCUT2D eigenvalue weighted by Crippen LogP contribution is -2.35. The fourth-order valence-electron chi connectivity index (χ4n) is 1.66. The number of hydrogen-bond donors (Lipinski definition) is 1. The van der Waals surface area contributed by atoms with Gasteiger partial charge in [0.05, 0.1) is 6.61 Å². The Kier molecular flexibility index (Phi) is 6.32. The first-order valence-corrected chi connectivity index (χ1v) is 6.20. The Hall–Kier alpha value is -1.59. The minimum Gasteiger partial charge on any atom is -0.491 e. The molecule has 0 amide bonds. The van der Waals surface area contributed by atoms with Gasteiger partial charge in [0, 0.05) is 19.7 Å². The zero-order valence-electron chi connectivity index (χ0n) is 11.6. The van der Waals surface area contributed by atoms with Gasteiger partial charge in [-0.25, -0.2) is 4.79 Å². The van der Waals surface area contributed by atoms with E-state index in [1.54, 1.807) is 25.3 Å². The number of nitrogens with zero attached hydrogens (tertiary/aromatic N) is 1. The van der Waals surface area contributed by atoms with E-state index in [9.17, 15) is 4.79 Å². The highest BCUT2D eigenvalue weighted by molar-refractivity contribution is 5.90. The Morgan fingerprint density at radius 2 is 2.11 bits per heavy atom. The van der Waals surface area contributed by atoms with Crippen LogP contribution in [-0.2, 0) is 4.74 Å². The van der Waals surface area contributed by atoms with Crippen molar-refractivity contribution in [2.24, 2.45) is 0 Å². The Bertz CT molecular complexity index is 408. The number of carboxylic acids is 1. The fraction of sp³-hybridized carbons (Fsp3) is 0.500. The molecule has 1 N–H and O–H groups in total. The number of hydrogen-bond acceptors (Lipinski definition) is 4. The summed E-state index contributed by atoms with van der Waals surface area (Å²) >= 11 is 0. The molecule has 5 heteroatoms. The maximum absolute atomic E-state index is 11.0. The van der Waals surface area contributed by atoms with Crippen molar-refractivity contribution >= 4 is 5.97 Å². The molecule has 1 atom stereocenters. The Morgan fingerprint density at radius 3 is 2.74 bits per heavy atom. The van der Waals surface area contributed by atoms with Gasteiger partial charge in [0.1, 0.15) is 17.9 Å². The molecule has 0 bridgehead atoms. The number of carboxylic acid groups (broad SMARTS) is 1. The lowest BCUT2D eigenvalue weighted by molar-refractivity contribution is 0.0690. The van der Waals surface area contributed by atoms with Crippen LogP contribution in [0.15, 0.2) is 24.3 Å². The summed E-state index contributed by atoms with van der Waals surface area (Å²) in [5.74, 6) is -0.570. The molecule has 1 rings (SSSR count). The summed E-state index contributed by atoms with van der Waals surface area (Å²) in [6, 6.07) is 6.95. The van der Waals surface area contributed by atoms with Crippen molar-refractivity contribution in [2.45, 2.75) is 13.0 Å². The smallest absolute Gasteiger partial charge is 0.339 e. The zero-order valence-corrected chi connectivity index (χ0v) is 11.6. The van der Waals surface area contributed by atoms with Crippen LogP contribution >= 0.6 is 0 Å². The zero-order chi connectivity index (χ0) is 14.3. The summed E-state index contributed by atoms with van der Waals surface area (Å²) in [6.07, 6.45) is 0. The summed E-state index contributed by atoms with van der Waals surface area (Å²) in [5, 5.41) is 9.03. The monoisotopic (exact) mass is 267 g/mol. The van der Waals surface area contributed by atoms with Crippen molar-refractivity contribution in [1.29, 1.82) is 0 Å². The van der Waals surface area contributed by atoms with Crippen LogP contribution in [0.25, 0.3) is 0 Å². The molecule has 1 aromatic rings. The first-order valence-electron chi connectivity index (χ1n) is 6.20. The molecule has 106 valence electrons. The topological polar surface area (TPSA) is 59.0 Å². The third-order valence-corrected chi connectivity index (χ3v) is 2.98. The van der Waals surface area contributed by atoms with Crippen molar-refractivity contribution in [2.75, 3.05) is 33.9 Å². The Balaban J connectivity index is 2.47. The van der Waals surface area contributed by atoms with Crippen LogP contribution in [0, 0.1) is 0 Å². The molecule has 0 spiro atoms. The number of benzene rings is 1. The van der Waals surface area contributed by atoms with Gasteiger partial charge in [-0.2, -0.15) is 0 Å². The number of aromatic carboxylic acids is 1. The van der Waals surface area contributed by atoms with Crippen molar-refractivity contribution in [3.05, 3.63) is 29.8 Å². The van der Waals surface area contributed by atoms with Gasteiger partial charge in [0.25, 0.3) is 0 Å². The Morgan fingerprint density at radius 1 is 1.42 bits per heavy atom. The summed E-state index contributed by atoms with van der Waals surface area (Å²) in [6.45, 7) is 3.87. The van der Waals surface area contributed by atoms with Crippen LogP contribution in [0.4, 0.5) is 0 Å². The van der Waals surface area contributed by atoms with Gasteiger partial charge in [0.15, 0.2) is 0 Å². The van der Waals surface area contributed by atoms with E-state index >= 15 is 0 Å². The average Bonchev–Trinajstić information content (AvgIpc) is 2.39. The minimum atomic E-state index is -0.975. The number of carbonyl (C=O) groups is 1. The number of likely N-dealkylation sites (N-methyl/N-ethyl adjacent to an activating group) is 1. The van der Waals surface area contributed by atoms with Gasteiger partial charge < -0.3 is 14.6 Å². The van der Waals surface area contributed by atoms with E-state index in [0.29, 0.717) is 31.5 Å². The van der Waals surface area contributed by atoms with Gasteiger partial charge in [-0.1, -0.05) is 12.1 Å². The third kappa shape index (κ3) is 4.89. The number of methoxy groups -OCH3 is 1. The Labute approximate surface area is 113 Å². The van der Waals surface area contributed by atoms with E-state index in [1.807, 2.05) is 7.05 Å². The fourth-order valence-corrected chi connectivity index (χ4v) is 1.66. The van der Waals surface area contributed by atoms with Crippen molar-refractivity contribution in [3.8, 4) is 5.75 Å². The van der Waals surface area contributed by atoms with Gasteiger partial charge in [0.2, 0.25) is 0 Å². The van der Waals surface area contributed by atoms with Crippen LogP contribution in [0.1, 0.15) is 17.3 Å². The van der Waals surface area contributed by atoms with Crippen LogP contribution < -0.4 is 4.74 Å². The molecule has 0 radical (unpaired) electrons. The van der Waals surface area contributed by atoms with Crippen LogP contribution in [0.2, 0.25) is 0 Å².